The first-order valence-corrected chi connectivity index (χ1v) is 8.66. The van der Waals surface area contributed by atoms with Gasteiger partial charge in [-0.05, 0) is 58.6 Å². The average molecular weight is 351 g/mol. The van der Waals surface area contributed by atoms with Gasteiger partial charge in [0, 0.05) is 18.7 Å². The summed E-state index contributed by atoms with van der Waals surface area (Å²) in [6.45, 7) is 8.36. The first kappa shape index (κ1) is 19.2. The quantitative estimate of drug-likeness (QED) is 0.769. The third-order valence-electron chi connectivity index (χ3n) is 4.10. The number of halogens is 1. The van der Waals surface area contributed by atoms with Crippen LogP contribution in [0, 0.1) is 5.82 Å². The van der Waals surface area contributed by atoms with Crippen molar-refractivity contribution >= 4 is 12.1 Å². The topological polar surface area (TPSA) is 55.8 Å². The Morgan fingerprint density at radius 3 is 2.44 bits per heavy atom. The Labute approximate surface area is 148 Å². The number of hydrogen-bond donors (Lipinski definition) is 0. The van der Waals surface area contributed by atoms with Crippen molar-refractivity contribution in [3.8, 4) is 0 Å². The number of rotatable bonds is 3. The van der Waals surface area contributed by atoms with E-state index in [-0.39, 0.29) is 24.2 Å². The van der Waals surface area contributed by atoms with Crippen LogP contribution in [0.3, 0.4) is 0 Å². The summed E-state index contributed by atoms with van der Waals surface area (Å²) in [5.41, 5.74) is 0.124. The standard InChI is InChI=1S/C19H26FNO4/c1-5-24-17(22)14-7-6-8-15(20)16(14)13-9-11-21(12-10-13)18(23)25-19(2,3)4/h6-8,13H,5,9-12H2,1-4H3. The Kier molecular flexibility index (Phi) is 6.03. The molecular weight excluding hydrogens is 325 g/mol. The fourth-order valence-electron chi connectivity index (χ4n) is 3.02. The van der Waals surface area contributed by atoms with E-state index in [0.717, 1.165) is 0 Å². The van der Waals surface area contributed by atoms with Gasteiger partial charge in [-0.3, -0.25) is 0 Å². The first-order chi connectivity index (χ1) is 11.7. The van der Waals surface area contributed by atoms with Crippen LogP contribution in [0.25, 0.3) is 0 Å². The van der Waals surface area contributed by atoms with Crippen molar-refractivity contribution in [1.82, 2.24) is 4.90 Å². The van der Waals surface area contributed by atoms with E-state index in [4.69, 9.17) is 9.47 Å². The van der Waals surface area contributed by atoms with Crippen molar-refractivity contribution in [2.24, 2.45) is 0 Å². The van der Waals surface area contributed by atoms with Gasteiger partial charge in [-0.1, -0.05) is 6.07 Å². The zero-order valence-electron chi connectivity index (χ0n) is 15.3. The molecule has 1 saturated heterocycles. The van der Waals surface area contributed by atoms with Crippen LogP contribution < -0.4 is 0 Å². The summed E-state index contributed by atoms with van der Waals surface area (Å²) in [4.78, 5) is 25.9. The summed E-state index contributed by atoms with van der Waals surface area (Å²) < 4.78 is 24.8. The Balaban J connectivity index is 2.11. The van der Waals surface area contributed by atoms with Gasteiger partial charge in [0.2, 0.25) is 0 Å². The monoisotopic (exact) mass is 351 g/mol. The normalized spacial score (nSPS) is 15.8. The molecule has 138 valence electrons. The zero-order chi connectivity index (χ0) is 18.6. The molecular formula is C19H26FNO4. The van der Waals surface area contributed by atoms with Crippen LogP contribution in [0.2, 0.25) is 0 Å². The second-order valence-corrected chi connectivity index (χ2v) is 7.16. The molecule has 0 aromatic heterocycles. The smallest absolute Gasteiger partial charge is 0.410 e. The molecule has 1 aliphatic heterocycles. The average Bonchev–Trinajstić information content (AvgIpc) is 2.53. The van der Waals surface area contributed by atoms with Crippen molar-refractivity contribution in [2.75, 3.05) is 19.7 Å². The molecule has 1 aliphatic rings. The molecule has 0 N–H and O–H groups in total. The van der Waals surface area contributed by atoms with Crippen LogP contribution in [0.15, 0.2) is 18.2 Å². The van der Waals surface area contributed by atoms with Gasteiger partial charge in [0.1, 0.15) is 11.4 Å². The van der Waals surface area contributed by atoms with Crippen LogP contribution in [-0.4, -0.2) is 42.3 Å². The first-order valence-electron chi connectivity index (χ1n) is 8.66. The number of nitrogens with zero attached hydrogens (tertiary/aromatic N) is 1. The second kappa shape index (κ2) is 7.85. The summed E-state index contributed by atoms with van der Waals surface area (Å²) in [5, 5.41) is 0. The Bertz CT molecular complexity index is 631. The Hall–Kier alpha value is -2.11. The third kappa shape index (κ3) is 4.94. The lowest BCUT2D eigenvalue weighted by Crippen LogP contribution is -2.41. The van der Waals surface area contributed by atoms with Gasteiger partial charge in [0.05, 0.1) is 12.2 Å². The highest BCUT2D eigenvalue weighted by Gasteiger charge is 2.31. The highest BCUT2D eigenvalue weighted by molar-refractivity contribution is 5.91. The van der Waals surface area contributed by atoms with E-state index in [1.165, 1.54) is 12.1 Å². The van der Waals surface area contributed by atoms with Gasteiger partial charge in [0.25, 0.3) is 0 Å². The number of amides is 1. The molecule has 0 unspecified atom stereocenters. The summed E-state index contributed by atoms with van der Waals surface area (Å²) in [6, 6.07) is 4.47. The Morgan fingerprint density at radius 1 is 1.24 bits per heavy atom. The van der Waals surface area contributed by atoms with Gasteiger partial charge < -0.3 is 14.4 Å². The lowest BCUT2D eigenvalue weighted by Gasteiger charge is -2.34. The van der Waals surface area contributed by atoms with Crippen molar-refractivity contribution < 1.29 is 23.5 Å². The van der Waals surface area contributed by atoms with Crippen molar-refractivity contribution in [3.05, 3.63) is 35.1 Å². The molecule has 1 fully saturated rings. The molecule has 1 amide bonds. The molecule has 0 spiro atoms. The van der Waals surface area contributed by atoms with E-state index in [9.17, 15) is 14.0 Å². The predicted octanol–water partition coefficient (Wildman–Crippen LogP) is 4.12. The minimum atomic E-state index is -0.545. The number of benzene rings is 1. The fraction of sp³-hybridized carbons (Fsp3) is 0.579. The van der Waals surface area contributed by atoms with Gasteiger partial charge in [-0.15, -0.1) is 0 Å². The van der Waals surface area contributed by atoms with E-state index in [1.54, 1.807) is 17.9 Å². The number of esters is 1. The van der Waals surface area contributed by atoms with Crippen LogP contribution in [0.5, 0.6) is 0 Å². The minimum Gasteiger partial charge on any atom is -0.462 e. The van der Waals surface area contributed by atoms with Gasteiger partial charge in [-0.2, -0.15) is 0 Å². The lowest BCUT2D eigenvalue weighted by molar-refractivity contribution is 0.0202. The third-order valence-corrected chi connectivity index (χ3v) is 4.10. The van der Waals surface area contributed by atoms with Gasteiger partial charge >= 0.3 is 12.1 Å². The van der Waals surface area contributed by atoms with Gasteiger partial charge in [-0.25, -0.2) is 14.0 Å². The van der Waals surface area contributed by atoms with E-state index >= 15 is 0 Å². The highest BCUT2D eigenvalue weighted by atomic mass is 19.1. The van der Waals surface area contributed by atoms with Crippen LogP contribution >= 0.6 is 0 Å². The summed E-state index contributed by atoms with van der Waals surface area (Å²) >= 11 is 0. The number of ether oxygens (including phenoxy) is 2. The lowest BCUT2D eigenvalue weighted by atomic mass is 9.86. The predicted molar refractivity (Wildman–Crippen MR) is 92.1 cm³/mol. The number of hydrogen-bond acceptors (Lipinski definition) is 4. The maximum Gasteiger partial charge on any atom is 0.410 e. The van der Waals surface area contributed by atoms with Crippen LogP contribution in [0.4, 0.5) is 9.18 Å². The van der Waals surface area contributed by atoms with Crippen molar-refractivity contribution in [2.45, 2.75) is 52.1 Å². The van der Waals surface area contributed by atoms with E-state index in [0.29, 0.717) is 31.5 Å². The van der Waals surface area contributed by atoms with Gasteiger partial charge in [0.15, 0.2) is 0 Å². The minimum absolute atomic E-state index is 0.126. The summed E-state index contributed by atoms with van der Waals surface area (Å²) in [6.07, 6.45) is 0.796. The summed E-state index contributed by atoms with van der Waals surface area (Å²) in [5.74, 6) is -1.04. The molecule has 6 heteroatoms. The number of piperidine rings is 1. The molecule has 25 heavy (non-hydrogen) atoms. The van der Waals surface area contributed by atoms with E-state index in [2.05, 4.69) is 0 Å². The maximum absolute atomic E-state index is 14.4. The SMILES string of the molecule is CCOC(=O)c1cccc(F)c1C1CCN(C(=O)OC(C)(C)C)CC1. The second-order valence-electron chi connectivity index (χ2n) is 7.16. The molecule has 0 atom stereocenters. The van der Waals surface area contributed by atoms with Crippen LogP contribution in [0.1, 0.15) is 62.4 Å². The van der Waals surface area contributed by atoms with E-state index in [1.807, 2.05) is 20.8 Å². The molecule has 0 saturated carbocycles. The molecule has 1 aromatic rings. The number of carbonyl (C=O) groups is 2. The summed E-state index contributed by atoms with van der Waals surface area (Å²) in [7, 11) is 0. The van der Waals surface area contributed by atoms with E-state index < -0.39 is 17.4 Å². The Morgan fingerprint density at radius 2 is 1.88 bits per heavy atom. The molecule has 0 radical (unpaired) electrons. The zero-order valence-corrected chi connectivity index (χ0v) is 15.3. The molecule has 5 nitrogen and oxygen atoms in total. The molecule has 0 bridgehead atoms. The highest BCUT2D eigenvalue weighted by Crippen LogP contribution is 2.33. The molecule has 0 aliphatic carbocycles. The number of likely N-dealkylation sites (tertiary alicyclic amines) is 1. The van der Waals surface area contributed by atoms with Crippen LogP contribution in [-0.2, 0) is 9.47 Å². The van der Waals surface area contributed by atoms with Crippen molar-refractivity contribution in [3.63, 3.8) is 0 Å². The number of carbonyl (C=O) groups excluding carboxylic acids is 2. The maximum atomic E-state index is 14.4. The fourth-order valence-corrected chi connectivity index (χ4v) is 3.02. The largest absolute Gasteiger partial charge is 0.462 e. The molecule has 1 heterocycles. The molecule has 1 aromatic carbocycles. The molecule has 2 rings (SSSR count). The van der Waals surface area contributed by atoms with Crippen molar-refractivity contribution in [1.29, 1.82) is 0 Å².